The second-order valence-corrected chi connectivity index (χ2v) is 4.01. The molecule has 0 unspecified atom stereocenters. The van der Waals surface area contributed by atoms with Crippen molar-refractivity contribution in [2.75, 3.05) is 26.2 Å². The minimum absolute atomic E-state index is 0.241. The Morgan fingerprint density at radius 3 is 2.69 bits per heavy atom. The zero-order valence-corrected chi connectivity index (χ0v) is 8.47. The highest BCUT2D eigenvalue weighted by Crippen LogP contribution is 2.14. The van der Waals surface area contributed by atoms with Crippen LogP contribution in [0.15, 0.2) is 0 Å². The van der Waals surface area contributed by atoms with Gasteiger partial charge in [-0.3, -0.25) is 9.69 Å². The van der Waals surface area contributed by atoms with Gasteiger partial charge in [0.2, 0.25) is 5.91 Å². The van der Waals surface area contributed by atoms with Crippen LogP contribution in [0.5, 0.6) is 0 Å². The third kappa shape index (κ3) is 2.42. The summed E-state index contributed by atoms with van der Waals surface area (Å²) in [6.07, 6.45) is 1.08. The molecule has 1 amide bonds. The lowest BCUT2D eigenvalue weighted by Gasteiger charge is -2.34. The summed E-state index contributed by atoms with van der Waals surface area (Å²) in [6, 6.07) is 0. The Morgan fingerprint density at radius 1 is 1.38 bits per heavy atom. The van der Waals surface area contributed by atoms with Crippen LogP contribution in [-0.4, -0.2) is 42.5 Å². The molecule has 1 fully saturated rings. The van der Waals surface area contributed by atoms with Gasteiger partial charge in [0.1, 0.15) is 0 Å². The van der Waals surface area contributed by atoms with Gasteiger partial charge in [0.05, 0.1) is 5.54 Å². The maximum Gasteiger partial charge on any atom is 0.237 e. The smallest absolute Gasteiger partial charge is 0.237 e. The number of nitrogens with two attached hydrogens (primary N) is 1. The van der Waals surface area contributed by atoms with E-state index in [0.29, 0.717) is 0 Å². The molecule has 0 radical (unpaired) electrons. The van der Waals surface area contributed by atoms with Gasteiger partial charge in [0, 0.05) is 19.6 Å². The lowest BCUT2D eigenvalue weighted by atomic mass is 10.0. The molecule has 1 saturated heterocycles. The molecule has 1 heterocycles. The van der Waals surface area contributed by atoms with Gasteiger partial charge in [-0.05, 0) is 26.8 Å². The molecular formula is C9H19N3O. The minimum Gasteiger partial charge on any atom is -0.368 e. The first-order chi connectivity index (χ1) is 6.05. The largest absolute Gasteiger partial charge is 0.368 e. The van der Waals surface area contributed by atoms with Crippen LogP contribution < -0.4 is 11.1 Å². The average Bonchev–Trinajstić information content (AvgIpc) is 2.31. The van der Waals surface area contributed by atoms with Crippen LogP contribution in [-0.2, 0) is 4.79 Å². The first-order valence-corrected chi connectivity index (χ1v) is 4.81. The number of amides is 1. The summed E-state index contributed by atoms with van der Waals surface area (Å²) >= 11 is 0. The fraction of sp³-hybridized carbons (Fsp3) is 0.889. The molecule has 4 heteroatoms. The van der Waals surface area contributed by atoms with Crippen molar-refractivity contribution < 1.29 is 4.79 Å². The minimum atomic E-state index is -0.508. The van der Waals surface area contributed by atoms with E-state index in [1.165, 1.54) is 0 Å². The van der Waals surface area contributed by atoms with Crippen LogP contribution in [0.25, 0.3) is 0 Å². The van der Waals surface area contributed by atoms with E-state index in [2.05, 4.69) is 10.2 Å². The summed E-state index contributed by atoms with van der Waals surface area (Å²) in [5.41, 5.74) is 4.84. The summed E-state index contributed by atoms with van der Waals surface area (Å²) in [4.78, 5) is 13.3. The summed E-state index contributed by atoms with van der Waals surface area (Å²) in [6.45, 7) is 7.60. The number of hydrogen-bond donors (Lipinski definition) is 2. The molecule has 1 rings (SSSR count). The van der Waals surface area contributed by atoms with E-state index in [-0.39, 0.29) is 5.91 Å². The molecular weight excluding hydrogens is 166 g/mol. The molecule has 0 saturated carbocycles. The molecule has 4 nitrogen and oxygen atoms in total. The molecule has 76 valence electrons. The molecule has 0 bridgehead atoms. The predicted octanol–water partition coefficient (Wildman–Crippen LogP) is -0.454. The van der Waals surface area contributed by atoms with Crippen LogP contribution in [0.1, 0.15) is 20.3 Å². The third-order valence-electron chi connectivity index (χ3n) is 2.73. The van der Waals surface area contributed by atoms with Gasteiger partial charge in [-0.15, -0.1) is 0 Å². The van der Waals surface area contributed by atoms with Crippen molar-refractivity contribution in [3.05, 3.63) is 0 Å². The van der Waals surface area contributed by atoms with Gasteiger partial charge in [-0.1, -0.05) is 0 Å². The van der Waals surface area contributed by atoms with Crippen molar-refractivity contribution in [3.63, 3.8) is 0 Å². The lowest BCUT2D eigenvalue weighted by molar-refractivity contribution is -0.128. The second-order valence-electron chi connectivity index (χ2n) is 4.01. The summed E-state index contributed by atoms with van der Waals surface area (Å²) < 4.78 is 0. The van der Waals surface area contributed by atoms with E-state index in [0.717, 1.165) is 32.6 Å². The van der Waals surface area contributed by atoms with E-state index in [9.17, 15) is 4.79 Å². The Labute approximate surface area is 79.5 Å². The first-order valence-electron chi connectivity index (χ1n) is 4.81. The molecule has 0 spiro atoms. The number of carbonyl (C=O) groups excluding carboxylic acids is 1. The standard InChI is InChI=1S/C9H19N3O/c1-9(2,8(10)13)12-6-3-4-11-5-7-12/h11H,3-7H2,1-2H3,(H2,10,13). The Kier molecular flexibility index (Phi) is 3.27. The van der Waals surface area contributed by atoms with Crippen molar-refractivity contribution in [2.45, 2.75) is 25.8 Å². The highest BCUT2D eigenvalue weighted by molar-refractivity contribution is 5.83. The normalized spacial score (nSPS) is 21.1. The number of nitrogens with zero attached hydrogens (tertiary/aromatic N) is 1. The summed E-state index contributed by atoms with van der Waals surface area (Å²) in [5, 5.41) is 3.29. The van der Waals surface area contributed by atoms with E-state index in [4.69, 9.17) is 5.73 Å². The SMILES string of the molecule is CC(C)(C(N)=O)N1CCCNCC1. The molecule has 0 aromatic carbocycles. The highest BCUT2D eigenvalue weighted by Gasteiger charge is 2.32. The fourth-order valence-electron chi connectivity index (χ4n) is 1.56. The Balaban J connectivity index is 2.62. The molecule has 0 aromatic heterocycles. The van der Waals surface area contributed by atoms with Crippen molar-refractivity contribution in [1.82, 2.24) is 10.2 Å². The van der Waals surface area contributed by atoms with E-state index >= 15 is 0 Å². The fourth-order valence-corrected chi connectivity index (χ4v) is 1.56. The zero-order chi connectivity index (χ0) is 9.90. The van der Waals surface area contributed by atoms with Gasteiger partial charge < -0.3 is 11.1 Å². The average molecular weight is 185 g/mol. The maximum atomic E-state index is 11.2. The number of rotatable bonds is 2. The van der Waals surface area contributed by atoms with E-state index in [1.807, 2.05) is 13.8 Å². The van der Waals surface area contributed by atoms with Crippen molar-refractivity contribution >= 4 is 5.91 Å². The number of nitrogens with one attached hydrogen (secondary N) is 1. The van der Waals surface area contributed by atoms with Gasteiger partial charge >= 0.3 is 0 Å². The number of hydrogen-bond acceptors (Lipinski definition) is 3. The maximum absolute atomic E-state index is 11.2. The zero-order valence-electron chi connectivity index (χ0n) is 8.47. The first kappa shape index (κ1) is 10.5. The van der Waals surface area contributed by atoms with Gasteiger partial charge in [-0.25, -0.2) is 0 Å². The molecule has 3 N–H and O–H groups in total. The van der Waals surface area contributed by atoms with Crippen LogP contribution in [0.4, 0.5) is 0 Å². The van der Waals surface area contributed by atoms with Gasteiger partial charge in [-0.2, -0.15) is 0 Å². The number of primary amides is 1. The lowest BCUT2D eigenvalue weighted by Crippen LogP contribution is -2.54. The Bertz CT molecular complexity index is 183. The molecule has 0 aromatic rings. The van der Waals surface area contributed by atoms with Crippen molar-refractivity contribution in [1.29, 1.82) is 0 Å². The van der Waals surface area contributed by atoms with Crippen LogP contribution >= 0.6 is 0 Å². The summed E-state index contributed by atoms with van der Waals surface area (Å²) in [7, 11) is 0. The van der Waals surface area contributed by atoms with Crippen LogP contribution in [0, 0.1) is 0 Å². The van der Waals surface area contributed by atoms with Crippen LogP contribution in [0.2, 0.25) is 0 Å². The Morgan fingerprint density at radius 2 is 2.08 bits per heavy atom. The molecule has 0 aliphatic carbocycles. The van der Waals surface area contributed by atoms with E-state index in [1.54, 1.807) is 0 Å². The third-order valence-corrected chi connectivity index (χ3v) is 2.73. The molecule has 13 heavy (non-hydrogen) atoms. The van der Waals surface area contributed by atoms with E-state index < -0.39 is 5.54 Å². The second kappa shape index (κ2) is 4.07. The summed E-state index contributed by atoms with van der Waals surface area (Å²) in [5.74, 6) is -0.241. The van der Waals surface area contributed by atoms with Crippen molar-refractivity contribution in [3.8, 4) is 0 Å². The predicted molar refractivity (Wildman–Crippen MR) is 52.3 cm³/mol. The molecule has 1 aliphatic heterocycles. The van der Waals surface area contributed by atoms with Crippen LogP contribution in [0.3, 0.4) is 0 Å². The molecule has 1 aliphatic rings. The molecule has 0 atom stereocenters. The Hall–Kier alpha value is -0.610. The van der Waals surface area contributed by atoms with Gasteiger partial charge in [0.25, 0.3) is 0 Å². The van der Waals surface area contributed by atoms with Gasteiger partial charge in [0.15, 0.2) is 0 Å². The monoisotopic (exact) mass is 185 g/mol. The highest BCUT2D eigenvalue weighted by atomic mass is 16.1. The van der Waals surface area contributed by atoms with Crippen molar-refractivity contribution in [2.24, 2.45) is 5.73 Å². The number of carbonyl (C=O) groups is 1. The quantitative estimate of drug-likeness (QED) is 0.612. The topological polar surface area (TPSA) is 58.4 Å².